The standard InChI is InChI=1S/C12H18O5/c1-4-7(5-2)10-8(11(14)16-6-3)9(13)12(15)17-10/h7-8,10H,4-6H2,1-3H3/t8-,10-/m0/s1. The third kappa shape index (κ3) is 2.65. The average Bonchev–Trinajstić information content (AvgIpc) is 2.58. The summed E-state index contributed by atoms with van der Waals surface area (Å²) in [7, 11) is 0. The third-order valence-corrected chi connectivity index (χ3v) is 3.11. The Labute approximate surface area is 100 Å². The van der Waals surface area contributed by atoms with E-state index in [0.29, 0.717) is 0 Å². The minimum atomic E-state index is -1.08. The van der Waals surface area contributed by atoms with Crippen LogP contribution in [-0.2, 0) is 23.9 Å². The number of carbonyl (C=O) groups excluding carboxylic acids is 3. The molecule has 5 nitrogen and oxygen atoms in total. The van der Waals surface area contributed by atoms with Gasteiger partial charge in [-0.25, -0.2) is 4.79 Å². The topological polar surface area (TPSA) is 69.7 Å². The van der Waals surface area contributed by atoms with Crippen molar-refractivity contribution in [3.8, 4) is 0 Å². The van der Waals surface area contributed by atoms with Crippen molar-refractivity contribution in [1.82, 2.24) is 0 Å². The molecule has 0 aliphatic carbocycles. The number of rotatable bonds is 5. The minimum Gasteiger partial charge on any atom is -0.465 e. The molecule has 17 heavy (non-hydrogen) atoms. The number of hydrogen-bond acceptors (Lipinski definition) is 5. The maximum atomic E-state index is 11.7. The molecule has 0 radical (unpaired) electrons. The molecule has 0 aromatic rings. The quantitative estimate of drug-likeness (QED) is 0.410. The Kier molecular flexibility index (Phi) is 4.66. The molecule has 0 N–H and O–H groups in total. The average molecular weight is 242 g/mol. The van der Waals surface area contributed by atoms with Gasteiger partial charge in [0.2, 0.25) is 0 Å². The Balaban J connectivity index is 2.91. The van der Waals surface area contributed by atoms with Crippen molar-refractivity contribution in [2.24, 2.45) is 11.8 Å². The third-order valence-electron chi connectivity index (χ3n) is 3.11. The summed E-state index contributed by atoms with van der Waals surface area (Å²) in [5, 5.41) is 0. The van der Waals surface area contributed by atoms with Gasteiger partial charge in [-0.15, -0.1) is 0 Å². The zero-order chi connectivity index (χ0) is 13.0. The highest BCUT2D eigenvalue weighted by Crippen LogP contribution is 2.30. The predicted molar refractivity (Wildman–Crippen MR) is 59.1 cm³/mol. The zero-order valence-electron chi connectivity index (χ0n) is 10.4. The van der Waals surface area contributed by atoms with Crippen LogP contribution in [0.4, 0.5) is 0 Å². The van der Waals surface area contributed by atoms with Gasteiger partial charge in [-0.2, -0.15) is 0 Å². The van der Waals surface area contributed by atoms with Crippen LogP contribution in [0.15, 0.2) is 0 Å². The van der Waals surface area contributed by atoms with E-state index in [-0.39, 0.29) is 12.5 Å². The van der Waals surface area contributed by atoms with E-state index in [1.807, 2.05) is 13.8 Å². The largest absolute Gasteiger partial charge is 0.465 e. The molecule has 0 bridgehead atoms. The van der Waals surface area contributed by atoms with Crippen LogP contribution < -0.4 is 0 Å². The lowest BCUT2D eigenvalue weighted by molar-refractivity contribution is -0.152. The van der Waals surface area contributed by atoms with E-state index in [0.717, 1.165) is 12.8 Å². The maximum Gasteiger partial charge on any atom is 0.376 e. The van der Waals surface area contributed by atoms with Crippen LogP contribution >= 0.6 is 0 Å². The maximum absolute atomic E-state index is 11.7. The summed E-state index contributed by atoms with van der Waals surface area (Å²) in [5.41, 5.74) is 0. The lowest BCUT2D eigenvalue weighted by Crippen LogP contribution is -2.35. The smallest absolute Gasteiger partial charge is 0.376 e. The summed E-state index contributed by atoms with van der Waals surface area (Å²) >= 11 is 0. The first-order valence-electron chi connectivity index (χ1n) is 5.98. The van der Waals surface area contributed by atoms with E-state index in [2.05, 4.69) is 0 Å². The second kappa shape index (κ2) is 5.80. The minimum absolute atomic E-state index is 0.0137. The van der Waals surface area contributed by atoms with Crippen LogP contribution in [-0.4, -0.2) is 30.4 Å². The molecule has 0 aromatic heterocycles. The van der Waals surface area contributed by atoms with Gasteiger partial charge in [-0.05, 0) is 25.7 Å². The highest BCUT2D eigenvalue weighted by Gasteiger charge is 2.51. The van der Waals surface area contributed by atoms with E-state index < -0.39 is 29.7 Å². The van der Waals surface area contributed by atoms with E-state index in [1.165, 1.54) is 0 Å². The van der Waals surface area contributed by atoms with Crippen molar-refractivity contribution >= 4 is 17.7 Å². The monoisotopic (exact) mass is 242 g/mol. The van der Waals surface area contributed by atoms with Crippen molar-refractivity contribution in [2.45, 2.75) is 39.7 Å². The van der Waals surface area contributed by atoms with Gasteiger partial charge in [0.1, 0.15) is 6.10 Å². The van der Waals surface area contributed by atoms with Crippen molar-refractivity contribution in [2.75, 3.05) is 6.61 Å². The zero-order valence-corrected chi connectivity index (χ0v) is 10.4. The summed E-state index contributed by atoms with van der Waals surface area (Å²) in [6, 6.07) is 0. The van der Waals surface area contributed by atoms with Crippen molar-refractivity contribution in [3.63, 3.8) is 0 Å². The van der Waals surface area contributed by atoms with Crippen molar-refractivity contribution < 1.29 is 23.9 Å². The molecular formula is C12H18O5. The second-order valence-electron chi connectivity index (χ2n) is 4.04. The van der Waals surface area contributed by atoms with Gasteiger partial charge >= 0.3 is 11.9 Å². The molecule has 5 heteroatoms. The number of hydrogen-bond donors (Lipinski definition) is 0. The lowest BCUT2D eigenvalue weighted by Gasteiger charge is -2.22. The normalized spacial score (nSPS) is 24.0. The molecule has 0 amide bonds. The summed E-state index contributed by atoms with van der Waals surface area (Å²) in [4.78, 5) is 34.5. The number of cyclic esters (lactones) is 1. The number of esters is 2. The van der Waals surface area contributed by atoms with Crippen molar-refractivity contribution in [3.05, 3.63) is 0 Å². The molecule has 96 valence electrons. The van der Waals surface area contributed by atoms with Gasteiger partial charge in [0, 0.05) is 0 Å². The number of Topliss-reactive ketones (excluding diaryl/α,β-unsaturated/α-hetero) is 1. The summed E-state index contributed by atoms with van der Waals surface area (Å²) in [6.07, 6.45) is 0.832. The van der Waals surface area contributed by atoms with Gasteiger partial charge in [0.05, 0.1) is 6.61 Å². The number of ether oxygens (including phenoxy) is 2. The Morgan fingerprint density at radius 2 is 1.88 bits per heavy atom. The first kappa shape index (κ1) is 13.7. The van der Waals surface area contributed by atoms with Gasteiger partial charge < -0.3 is 9.47 Å². The lowest BCUT2D eigenvalue weighted by atomic mass is 9.86. The fraction of sp³-hybridized carbons (Fsp3) is 0.750. The van der Waals surface area contributed by atoms with E-state index in [4.69, 9.17) is 9.47 Å². The van der Waals surface area contributed by atoms with E-state index >= 15 is 0 Å². The molecular weight excluding hydrogens is 224 g/mol. The first-order valence-corrected chi connectivity index (χ1v) is 5.98. The molecule has 0 aromatic carbocycles. The van der Waals surface area contributed by atoms with Crippen LogP contribution in [0.2, 0.25) is 0 Å². The molecule has 2 atom stereocenters. The molecule has 1 rings (SSSR count). The Morgan fingerprint density at radius 1 is 1.29 bits per heavy atom. The first-order chi connectivity index (χ1) is 8.06. The summed E-state index contributed by atoms with van der Waals surface area (Å²) in [5.74, 6) is -3.41. The van der Waals surface area contributed by atoms with Crippen LogP contribution in [0.1, 0.15) is 33.6 Å². The van der Waals surface area contributed by atoms with E-state index in [9.17, 15) is 14.4 Å². The summed E-state index contributed by atoms with van der Waals surface area (Å²) in [6.45, 7) is 5.72. The fourth-order valence-electron chi connectivity index (χ4n) is 2.12. The molecule has 1 saturated heterocycles. The highest BCUT2D eigenvalue weighted by molar-refractivity contribution is 6.40. The molecule has 1 heterocycles. The van der Waals surface area contributed by atoms with Crippen LogP contribution in [0, 0.1) is 11.8 Å². The van der Waals surface area contributed by atoms with Gasteiger partial charge in [-0.3, -0.25) is 9.59 Å². The Bertz CT molecular complexity index is 319. The number of carbonyl (C=O) groups is 3. The SMILES string of the molecule is CCOC(=O)[C@H]1C(=O)C(=O)O[C@H]1C(CC)CC. The second-order valence-corrected chi connectivity index (χ2v) is 4.04. The fourth-order valence-corrected chi connectivity index (χ4v) is 2.12. The van der Waals surface area contributed by atoms with Crippen LogP contribution in [0.3, 0.4) is 0 Å². The Hall–Kier alpha value is -1.39. The Morgan fingerprint density at radius 3 is 2.35 bits per heavy atom. The molecule has 1 aliphatic rings. The molecule has 0 saturated carbocycles. The van der Waals surface area contributed by atoms with Gasteiger partial charge in [-0.1, -0.05) is 13.8 Å². The van der Waals surface area contributed by atoms with Crippen LogP contribution in [0.25, 0.3) is 0 Å². The van der Waals surface area contributed by atoms with Gasteiger partial charge in [0.15, 0.2) is 5.92 Å². The van der Waals surface area contributed by atoms with E-state index in [1.54, 1.807) is 6.92 Å². The highest BCUT2D eigenvalue weighted by atomic mass is 16.6. The number of ketones is 1. The van der Waals surface area contributed by atoms with Crippen molar-refractivity contribution in [1.29, 1.82) is 0 Å². The van der Waals surface area contributed by atoms with Gasteiger partial charge in [0.25, 0.3) is 5.78 Å². The van der Waals surface area contributed by atoms with Crippen LogP contribution in [0.5, 0.6) is 0 Å². The summed E-state index contributed by atoms with van der Waals surface area (Å²) < 4.78 is 9.83. The molecule has 0 unspecified atom stereocenters. The predicted octanol–water partition coefficient (Wildman–Crippen LogP) is 1.10. The molecule has 0 spiro atoms. The molecule has 1 fully saturated rings. The molecule has 1 aliphatic heterocycles.